The van der Waals surface area contributed by atoms with Crippen molar-refractivity contribution >= 4 is 11.8 Å². The molecule has 80 valence electrons. The molecule has 0 aliphatic heterocycles. The smallest absolute Gasteiger partial charge is 0.427 e. The maximum atomic E-state index is 10.7. The van der Waals surface area contributed by atoms with Crippen LogP contribution in [0.5, 0.6) is 5.75 Å². The quantitative estimate of drug-likeness (QED) is 0.571. The molecule has 1 aromatic carbocycles. The number of ether oxygens (including phenoxy) is 1. The van der Waals surface area contributed by atoms with Gasteiger partial charge in [0, 0.05) is 5.56 Å². The number of carbonyl (C=O) groups is 1. The lowest BCUT2D eigenvalue weighted by Crippen LogP contribution is -2.18. The molecular weight excluding hydrogens is 196 g/mol. The highest BCUT2D eigenvalue weighted by molar-refractivity contribution is 5.99. The molecule has 0 radical (unpaired) electrons. The molecule has 15 heavy (non-hydrogen) atoms. The zero-order chi connectivity index (χ0) is 11.3. The third kappa shape index (κ3) is 3.30. The van der Waals surface area contributed by atoms with Crippen LogP contribution in [0.15, 0.2) is 29.4 Å². The first-order valence-electron chi connectivity index (χ1n) is 4.31. The van der Waals surface area contributed by atoms with Gasteiger partial charge >= 0.3 is 6.09 Å². The number of nitrogens with one attached hydrogen (secondary N) is 1. The molecule has 1 aromatic rings. The Balaban J connectivity index is 2.75. The fourth-order valence-corrected chi connectivity index (χ4v) is 0.971. The van der Waals surface area contributed by atoms with Crippen molar-refractivity contribution in [2.45, 2.75) is 6.92 Å². The van der Waals surface area contributed by atoms with Crippen molar-refractivity contribution in [1.29, 1.82) is 0 Å². The number of phenols is 1. The maximum absolute atomic E-state index is 10.7. The first-order valence-corrected chi connectivity index (χ1v) is 4.31. The van der Waals surface area contributed by atoms with E-state index in [0.29, 0.717) is 5.71 Å². The average Bonchev–Trinajstić information content (AvgIpc) is 2.25. The molecule has 0 atom stereocenters. The van der Waals surface area contributed by atoms with Crippen molar-refractivity contribution in [2.24, 2.45) is 5.10 Å². The highest BCUT2D eigenvalue weighted by Gasteiger charge is 2.00. The number of hydrogen-bond acceptors (Lipinski definition) is 4. The first kappa shape index (κ1) is 11.0. The van der Waals surface area contributed by atoms with Crippen molar-refractivity contribution < 1.29 is 14.6 Å². The summed E-state index contributed by atoms with van der Waals surface area (Å²) in [6.45, 7) is 1.71. The number of carbonyl (C=O) groups excluding carboxylic acids is 1. The van der Waals surface area contributed by atoms with Gasteiger partial charge in [-0.2, -0.15) is 5.10 Å². The van der Waals surface area contributed by atoms with E-state index in [-0.39, 0.29) is 5.75 Å². The van der Waals surface area contributed by atoms with Crippen LogP contribution < -0.4 is 5.43 Å². The summed E-state index contributed by atoms with van der Waals surface area (Å²) in [4.78, 5) is 10.7. The molecule has 1 amide bonds. The van der Waals surface area contributed by atoms with Crippen LogP contribution in [-0.4, -0.2) is 24.0 Å². The SMILES string of the molecule is COC(=O)NN=C(C)c1cccc(O)c1. The van der Waals surface area contributed by atoms with Gasteiger partial charge in [-0.05, 0) is 19.1 Å². The molecule has 0 spiro atoms. The molecule has 2 N–H and O–H groups in total. The van der Waals surface area contributed by atoms with E-state index >= 15 is 0 Å². The second-order valence-corrected chi connectivity index (χ2v) is 2.85. The van der Waals surface area contributed by atoms with Crippen LogP contribution in [0.25, 0.3) is 0 Å². The number of aromatic hydroxyl groups is 1. The lowest BCUT2D eigenvalue weighted by Gasteiger charge is -2.02. The van der Waals surface area contributed by atoms with Crippen molar-refractivity contribution in [2.75, 3.05) is 7.11 Å². The van der Waals surface area contributed by atoms with Gasteiger partial charge in [0.15, 0.2) is 0 Å². The molecule has 0 saturated heterocycles. The minimum Gasteiger partial charge on any atom is -0.508 e. The first-order chi connectivity index (χ1) is 7.13. The highest BCUT2D eigenvalue weighted by Crippen LogP contribution is 2.11. The van der Waals surface area contributed by atoms with E-state index in [9.17, 15) is 9.90 Å². The number of amides is 1. The zero-order valence-corrected chi connectivity index (χ0v) is 8.52. The second kappa shape index (κ2) is 4.99. The summed E-state index contributed by atoms with van der Waals surface area (Å²) < 4.78 is 4.35. The number of phenolic OH excluding ortho intramolecular Hbond substituents is 1. The van der Waals surface area contributed by atoms with Crippen LogP contribution in [0.1, 0.15) is 12.5 Å². The predicted molar refractivity (Wildman–Crippen MR) is 55.9 cm³/mol. The summed E-state index contributed by atoms with van der Waals surface area (Å²) >= 11 is 0. The van der Waals surface area contributed by atoms with Gasteiger partial charge in [0.2, 0.25) is 0 Å². The van der Waals surface area contributed by atoms with E-state index in [0.717, 1.165) is 5.56 Å². The van der Waals surface area contributed by atoms with E-state index in [1.165, 1.54) is 7.11 Å². The topological polar surface area (TPSA) is 70.9 Å². The molecule has 0 fully saturated rings. The summed E-state index contributed by atoms with van der Waals surface area (Å²) in [6, 6.07) is 6.58. The van der Waals surface area contributed by atoms with Crippen LogP contribution in [-0.2, 0) is 4.74 Å². The number of methoxy groups -OCH3 is 1. The van der Waals surface area contributed by atoms with Gasteiger partial charge in [0.05, 0.1) is 12.8 Å². The molecule has 1 rings (SSSR count). The molecule has 0 aliphatic carbocycles. The minimum absolute atomic E-state index is 0.153. The molecule has 0 heterocycles. The van der Waals surface area contributed by atoms with E-state index < -0.39 is 6.09 Å². The monoisotopic (exact) mass is 208 g/mol. The number of hydrazone groups is 1. The average molecular weight is 208 g/mol. The lowest BCUT2D eigenvalue weighted by atomic mass is 10.1. The fourth-order valence-electron chi connectivity index (χ4n) is 0.971. The maximum Gasteiger partial charge on any atom is 0.427 e. The normalized spacial score (nSPS) is 10.9. The van der Waals surface area contributed by atoms with Crippen LogP contribution in [0, 0.1) is 0 Å². The van der Waals surface area contributed by atoms with Crippen molar-refractivity contribution in [3.05, 3.63) is 29.8 Å². The van der Waals surface area contributed by atoms with Gasteiger partial charge in [-0.3, -0.25) is 0 Å². The molecular formula is C10H12N2O3. The van der Waals surface area contributed by atoms with Crippen LogP contribution >= 0.6 is 0 Å². The van der Waals surface area contributed by atoms with Crippen molar-refractivity contribution in [1.82, 2.24) is 5.43 Å². The predicted octanol–water partition coefficient (Wildman–Crippen LogP) is 1.47. The Labute approximate surface area is 87.4 Å². The molecule has 5 heteroatoms. The highest BCUT2D eigenvalue weighted by atomic mass is 16.5. The molecule has 0 bridgehead atoms. The standard InChI is InChI=1S/C10H12N2O3/c1-7(11-12-10(14)15-2)8-4-3-5-9(13)6-8/h3-6,13H,1-2H3,(H,12,14). The largest absolute Gasteiger partial charge is 0.508 e. The van der Waals surface area contributed by atoms with E-state index in [1.807, 2.05) is 0 Å². The third-order valence-electron chi connectivity index (χ3n) is 1.76. The summed E-state index contributed by atoms with van der Waals surface area (Å²) in [7, 11) is 1.26. The van der Waals surface area contributed by atoms with Crippen LogP contribution in [0.3, 0.4) is 0 Å². The Bertz CT molecular complexity index is 388. The summed E-state index contributed by atoms with van der Waals surface area (Å²) in [5, 5.41) is 13.0. The molecule has 5 nitrogen and oxygen atoms in total. The van der Waals surface area contributed by atoms with Gasteiger partial charge in [-0.1, -0.05) is 12.1 Å². The van der Waals surface area contributed by atoms with Gasteiger partial charge < -0.3 is 9.84 Å². The molecule has 0 aromatic heterocycles. The van der Waals surface area contributed by atoms with Gasteiger partial charge in [-0.15, -0.1) is 0 Å². The number of benzene rings is 1. The minimum atomic E-state index is -0.630. The van der Waals surface area contributed by atoms with Gasteiger partial charge in [-0.25, -0.2) is 10.2 Å². The van der Waals surface area contributed by atoms with Crippen molar-refractivity contribution in [3.63, 3.8) is 0 Å². The van der Waals surface area contributed by atoms with Gasteiger partial charge in [0.1, 0.15) is 5.75 Å². The second-order valence-electron chi connectivity index (χ2n) is 2.85. The Morgan fingerprint density at radius 1 is 1.53 bits per heavy atom. The van der Waals surface area contributed by atoms with Crippen LogP contribution in [0.2, 0.25) is 0 Å². The van der Waals surface area contributed by atoms with E-state index in [2.05, 4.69) is 15.3 Å². The number of nitrogens with zero attached hydrogens (tertiary/aromatic N) is 1. The zero-order valence-electron chi connectivity index (χ0n) is 8.52. The van der Waals surface area contributed by atoms with Gasteiger partial charge in [0.25, 0.3) is 0 Å². The van der Waals surface area contributed by atoms with E-state index in [1.54, 1.807) is 31.2 Å². The lowest BCUT2D eigenvalue weighted by molar-refractivity contribution is 0.171. The van der Waals surface area contributed by atoms with Crippen molar-refractivity contribution in [3.8, 4) is 5.75 Å². The Morgan fingerprint density at radius 3 is 2.87 bits per heavy atom. The molecule has 0 saturated carbocycles. The number of hydrogen-bond donors (Lipinski definition) is 2. The third-order valence-corrected chi connectivity index (χ3v) is 1.76. The van der Waals surface area contributed by atoms with E-state index in [4.69, 9.17) is 0 Å². The Kier molecular flexibility index (Phi) is 3.68. The Hall–Kier alpha value is -2.04. The Morgan fingerprint density at radius 2 is 2.27 bits per heavy atom. The molecule has 0 unspecified atom stereocenters. The summed E-state index contributed by atoms with van der Waals surface area (Å²) in [6.07, 6.45) is -0.630. The summed E-state index contributed by atoms with van der Waals surface area (Å²) in [5.41, 5.74) is 3.50. The summed E-state index contributed by atoms with van der Waals surface area (Å²) in [5.74, 6) is 0.153. The number of rotatable bonds is 2. The fraction of sp³-hybridized carbons (Fsp3) is 0.200. The van der Waals surface area contributed by atoms with Crippen LogP contribution in [0.4, 0.5) is 4.79 Å². The molecule has 0 aliphatic rings.